The van der Waals surface area contributed by atoms with Crippen LogP contribution < -0.4 is 5.32 Å². The van der Waals surface area contributed by atoms with E-state index in [0.717, 1.165) is 23.0 Å². The number of hydrogen-bond acceptors (Lipinski definition) is 4. The van der Waals surface area contributed by atoms with Crippen molar-refractivity contribution in [1.82, 2.24) is 10.2 Å². The van der Waals surface area contributed by atoms with Gasteiger partial charge in [0.15, 0.2) is 0 Å². The summed E-state index contributed by atoms with van der Waals surface area (Å²) in [6.07, 6.45) is 2.76. The third kappa shape index (κ3) is 4.41. The molecule has 2 aromatic rings. The first kappa shape index (κ1) is 15.2. The largest absolute Gasteiger partial charge is 0.481 e. The molecule has 112 valence electrons. The van der Waals surface area contributed by atoms with Gasteiger partial charge in [0.2, 0.25) is 0 Å². The van der Waals surface area contributed by atoms with Crippen LogP contribution in [-0.4, -0.2) is 27.8 Å². The average Bonchev–Trinajstić information content (AvgIpc) is 2.43. The zero-order chi connectivity index (χ0) is 15.2. The zero-order valence-electron chi connectivity index (χ0n) is 12.4. The standard InChI is InChI=1S/C16H21N3O2/c1-11(2)7-12(8-16(20)21)9-17-15-10-18-19-14-6-4-3-5-13(14)15/h3-6,10-12H,7-9H2,1-2H3,(H,17,19)(H,20,21). The highest BCUT2D eigenvalue weighted by Gasteiger charge is 2.15. The SMILES string of the molecule is CC(C)CC(CNc1cnnc2ccccc12)CC(=O)O. The van der Waals surface area contributed by atoms with Crippen molar-refractivity contribution >= 4 is 22.6 Å². The Morgan fingerprint density at radius 3 is 2.81 bits per heavy atom. The van der Waals surface area contributed by atoms with E-state index in [2.05, 4.69) is 29.4 Å². The highest BCUT2D eigenvalue weighted by atomic mass is 16.4. The zero-order valence-corrected chi connectivity index (χ0v) is 12.4. The summed E-state index contributed by atoms with van der Waals surface area (Å²) in [5.74, 6) is -0.168. The number of aromatic nitrogens is 2. The molecule has 5 nitrogen and oxygen atoms in total. The van der Waals surface area contributed by atoms with E-state index < -0.39 is 5.97 Å². The number of aliphatic carboxylic acids is 1. The Hall–Kier alpha value is -2.17. The molecule has 0 radical (unpaired) electrons. The van der Waals surface area contributed by atoms with Crippen LogP contribution in [0.15, 0.2) is 30.5 Å². The highest BCUT2D eigenvalue weighted by Crippen LogP contribution is 2.22. The quantitative estimate of drug-likeness (QED) is 0.818. The summed E-state index contributed by atoms with van der Waals surface area (Å²) in [4.78, 5) is 11.0. The molecule has 0 saturated carbocycles. The second-order valence-electron chi connectivity index (χ2n) is 5.75. The fourth-order valence-corrected chi connectivity index (χ4v) is 2.55. The number of rotatable bonds is 7. The first-order chi connectivity index (χ1) is 10.1. The third-order valence-electron chi connectivity index (χ3n) is 3.40. The van der Waals surface area contributed by atoms with Gasteiger partial charge >= 0.3 is 5.97 Å². The van der Waals surface area contributed by atoms with Crippen molar-refractivity contribution in [2.75, 3.05) is 11.9 Å². The van der Waals surface area contributed by atoms with Crippen molar-refractivity contribution < 1.29 is 9.90 Å². The van der Waals surface area contributed by atoms with Crippen molar-refractivity contribution in [2.45, 2.75) is 26.7 Å². The second kappa shape index (κ2) is 7.02. The molecule has 1 aromatic heterocycles. The number of fused-ring (bicyclic) bond motifs is 1. The maximum absolute atomic E-state index is 11.0. The van der Waals surface area contributed by atoms with E-state index in [1.54, 1.807) is 6.20 Å². The molecule has 0 amide bonds. The molecule has 2 N–H and O–H groups in total. The highest BCUT2D eigenvalue weighted by molar-refractivity contribution is 5.90. The average molecular weight is 287 g/mol. The van der Waals surface area contributed by atoms with Crippen LogP contribution in [-0.2, 0) is 4.79 Å². The summed E-state index contributed by atoms with van der Waals surface area (Å²) in [6.45, 7) is 4.84. The molecule has 1 atom stereocenters. The number of carbonyl (C=O) groups is 1. The van der Waals surface area contributed by atoms with E-state index in [-0.39, 0.29) is 12.3 Å². The first-order valence-corrected chi connectivity index (χ1v) is 7.22. The minimum absolute atomic E-state index is 0.106. The molecule has 21 heavy (non-hydrogen) atoms. The van der Waals surface area contributed by atoms with Gasteiger partial charge in [0, 0.05) is 18.4 Å². The Kier molecular flexibility index (Phi) is 5.09. The topological polar surface area (TPSA) is 75.1 Å². The van der Waals surface area contributed by atoms with Gasteiger partial charge in [-0.05, 0) is 24.3 Å². The molecular formula is C16H21N3O2. The monoisotopic (exact) mass is 287 g/mol. The molecule has 0 aliphatic rings. The molecule has 1 unspecified atom stereocenters. The molecule has 1 aromatic carbocycles. The number of anilines is 1. The predicted molar refractivity (Wildman–Crippen MR) is 83.2 cm³/mol. The Morgan fingerprint density at radius 1 is 1.33 bits per heavy atom. The van der Waals surface area contributed by atoms with Crippen LogP contribution in [0.2, 0.25) is 0 Å². The van der Waals surface area contributed by atoms with Crippen LogP contribution in [0.1, 0.15) is 26.7 Å². The van der Waals surface area contributed by atoms with E-state index in [0.29, 0.717) is 12.5 Å². The Labute approximate surface area is 124 Å². The van der Waals surface area contributed by atoms with E-state index in [1.807, 2.05) is 24.3 Å². The third-order valence-corrected chi connectivity index (χ3v) is 3.40. The minimum atomic E-state index is -0.750. The maximum atomic E-state index is 11.0. The summed E-state index contributed by atoms with van der Waals surface area (Å²) in [5.41, 5.74) is 1.74. The van der Waals surface area contributed by atoms with E-state index in [1.165, 1.54) is 0 Å². The van der Waals surface area contributed by atoms with Gasteiger partial charge < -0.3 is 10.4 Å². The lowest BCUT2D eigenvalue weighted by atomic mass is 9.94. The summed E-state index contributed by atoms with van der Waals surface area (Å²) in [5, 5.41) is 21.4. The number of benzene rings is 1. The van der Waals surface area contributed by atoms with Crippen molar-refractivity contribution in [3.05, 3.63) is 30.5 Å². The lowest BCUT2D eigenvalue weighted by Gasteiger charge is -2.18. The number of nitrogens with one attached hydrogen (secondary N) is 1. The van der Waals surface area contributed by atoms with Crippen molar-refractivity contribution in [3.8, 4) is 0 Å². The Balaban J connectivity index is 2.09. The van der Waals surface area contributed by atoms with E-state index in [9.17, 15) is 4.79 Å². The lowest BCUT2D eigenvalue weighted by Crippen LogP contribution is -2.20. The van der Waals surface area contributed by atoms with Gasteiger partial charge in [-0.25, -0.2) is 0 Å². The van der Waals surface area contributed by atoms with Crippen LogP contribution in [0, 0.1) is 11.8 Å². The molecule has 0 fully saturated rings. The van der Waals surface area contributed by atoms with Gasteiger partial charge in [0.05, 0.1) is 17.4 Å². The van der Waals surface area contributed by atoms with Crippen LogP contribution in [0.4, 0.5) is 5.69 Å². The van der Waals surface area contributed by atoms with E-state index >= 15 is 0 Å². The molecular weight excluding hydrogens is 266 g/mol. The molecule has 2 rings (SSSR count). The molecule has 1 heterocycles. The maximum Gasteiger partial charge on any atom is 0.303 e. The number of carboxylic acids is 1. The number of nitrogens with zero attached hydrogens (tertiary/aromatic N) is 2. The summed E-state index contributed by atoms with van der Waals surface area (Å²) in [7, 11) is 0. The van der Waals surface area contributed by atoms with Gasteiger partial charge in [0.1, 0.15) is 0 Å². The molecule has 5 heteroatoms. The van der Waals surface area contributed by atoms with Crippen LogP contribution in [0.5, 0.6) is 0 Å². The molecule has 0 spiro atoms. The Bertz CT molecular complexity index is 608. The van der Waals surface area contributed by atoms with Gasteiger partial charge in [-0.1, -0.05) is 32.0 Å². The number of hydrogen-bond donors (Lipinski definition) is 2. The van der Waals surface area contributed by atoms with Crippen molar-refractivity contribution in [2.24, 2.45) is 11.8 Å². The van der Waals surface area contributed by atoms with Gasteiger partial charge in [-0.2, -0.15) is 10.2 Å². The predicted octanol–water partition coefficient (Wildman–Crippen LogP) is 3.18. The lowest BCUT2D eigenvalue weighted by molar-refractivity contribution is -0.138. The van der Waals surface area contributed by atoms with E-state index in [4.69, 9.17) is 5.11 Å². The second-order valence-corrected chi connectivity index (χ2v) is 5.75. The molecule has 0 saturated heterocycles. The first-order valence-electron chi connectivity index (χ1n) is 7.22. The molecule has 0 aliphatic carbocycles. The van der Waals surface area contributed by atoms with Crippen LogP contribution >= 0.6 is 0 Å². The van der Waals surface area contributed by atoms with Crippen LogP contribution in [0.25, 0.3) is 10.9 Å². The summed E-state index contributed by atoms with van der Waals surface area (Å²) >= 11 is 0. The van der Waals surface area contributed by atoms with Gasteiger partial charge in [0.25, 0.3) is 0 Å². The Morgan fingerprint density at radius 2 is 2.10 bits per heavy atom. The fraction of sp³-hybridized carbons (Fsp3) is 0.438. The van der Waals surface area contributed by atoms with Crippen molar-refractivity contribution in [1.29, 1.82) is 0 Å². The smallest absolute Gasteiger partial charge is 0.303 e. The minimum Gasteiger partial charge on any atom is -0.481 e. The number of carboxylic acid groups (broad SMARTS) is 1. The normalized spacial score (nSPS) is 12.5. The van der Waals surface area contributed by atoms with Crippen molar-refractivity contribution in [3.63, 3.8) is 0 Å². The summed E-state index contributed by atoms with van der Waals surface area (Å²) < 4.78 is 0. The molecule has 0 aliphatic heterocycles. The van der Waals surface area contributed by atoms with Gasteiger partial charge in [-0.15, -0.1) is 0 Å². The molecule has 0 bridgehead atoms. The summed E-state index contributed by atoms with van der Waals surface area (Å²) in [6, 6.07) is 7.78. The van der Waals surface area contributed by atoms with Gasteiger partial charge in [-0.3, -0.25) is 4.79 Å². The fourth-order valence-electron chi connectivity index (χ4n) is 2.55. The van der Waals surface area contributed by atoms with Crippen LogP contribution in [0.3, 0.4) is 0 Å².